The first-order valence-electron chi connectivity index (χ1n) is 4.50. The smallest absolute Gasteiger partial charge is 0.363 e. The van der Waals surface area contributed by atoms with Gasteiger partial charge in [-0.2, -0.15) is 0 Å². The topological polar surface area (TPSA) is 66.8 Å². The molecule has 5 heteroatoms. The summed E-state index contributed by atoms with van der Waals surface area (Å²) in [6.45, 7) is 2.01. The number of carboxylic acids is 1. The third-order valence-electron chi connectivity index (χ3n) is 2.11. The lowest BCUT2D eigenvalue weighted by Crippen LogP contribution is -2.28. The number of rotatable bonds is 2. The third kappa shape index (κ3) is 2.45. The molecule has 2 atom stereocenters. The summed E-state index contributed by atoms with van der Waals surface area (Å²) < 4.78 is 5.22. The monoisotopic (exact) mass is 217 g/mol. The van der Waals surface area contributed by atoms with Crippen LogP contribution in [0.15, 0.2) is 0 Å². The zero-order valence-electron chi connectivity index (χ0n) is 8.06. The summed E-state index contributed by atoms with van der Waals surface area (Å²) in [5, 5.41) is 8.91. The highest BCUT2D eigenvalue weighted by atomic mass is 31.2. The van der Waals surface area contributed by atoms with Crippen LogP contribution in [0.3, 0.4) is 0 Å². The van der Waals surface area contributed by atoms with Crippen LogP contribution in [0.5, 0.6) is 0 Å². The van der Waals surface area contributed by atoms with Gasteiger partial charge in [0.05, 0.1) is 6.61 Å². The van der Waals surface area contributed by atoms with Gasteiger partial charge in [-0.1, -0.05) is 0 Å². The van der Waals surface area contributed by atoms with Crippen LogP contribution >= 0.6 is 7.72 Å². The molecule has 4 nitrogen and oxygen atoms in total. The molecular formula is C9H14O4P+. The van der Waals surface area contributed by atoms with Crippen molar-refractivity contribution >= 4 is 13.7 Å². The molecule has 0 saturated carbocycles. The summed E-state index contributed by atoms with van der Waals surface area (Å²) in [5.41, 5.74) is -1.03. The van der Waals surface area contributed by atoms with Crippen LogP contribution in [0, 0.1) is 11.8 Å². The minimum atomic E-state index is -2.82. The van der Waals surface area contributed by atoms with E-state index in [4.69, 9.17) is 9.63 Å². The maximum Gasteiger partial charge on any atom is 0.363 e. The lowest BCUT2D eigenvalue weighted by atomic mass is 10.4. The summed E-state index contributed by atoms with van der Waals surface area (Å²) in [4.78, 5) is 20.9. The summed E-state index contributed by atoms with van der Waals surface area (Å²) in [7, 11) is -2.82. The standard InChI is InChI=1S/C9H13O4P/c1-2-5-8(9(10)11)14(12)7-4-3-6-13-14/h8,12H,3-4,6-7H2,1H3/p+1. The minimum absolute atomic E-state index is 0.443. The first-order chi connectivity index (χ1) is 6.60. The molecule has 0 aromatic heterocycles. The minimum Gasteiger partial charge on any atom is -0.477 e. The molecule has 0 amide bonds. The van der Waals surface area contributed by atoms with Gasteiger partial charge in [0.25, 0.3) is 13.4 Å². The van der Waals surface area contributed by atoms with Crippen LogP contribution in [-0.2, 0) is 9.32 Å². The molecule has 1 heterocycles. The quantitative estimate of drug-likeness (QED) is 0.537. The fourth-order valence-electron chi connectivity index (χ4n) is 1.40. The molecule has 0 aromatic rings. The van der Waals surface area contributed by atoms with Crippen molar-refractivity contribution in [2.75, 3.05) is 12.8 Å². The van der Waals surface area contributed by atoms with Crippen molar-refractivity contribution < 1.29 is 19.3 Å². The van der Waals surface area contributed by atoms with E-state index in [1.54, 1.807) is 6.92 Å². The van der Waals surface area contributed by atoms with Crippen LogP contribution in [0.4, 0.5) is 0 Å². The number of hydrogen-bond acceptors (Lipinski definition) is 3. The van der Waals surface area contributed by atoms with Crippen LogP contribution < -0.4 is 0 Å². The Morgan fingerprint density at radius 3 is 2.71 bits per heavy atom. The molecule has 0 radical (unpaired) electrons. The molecule has 1 rings (SSSR count). The number of hydrogen-bond donors (Lipinski definition) is 2. The van der Waals surface area contributed by atoms with E-state index in [0.717, 1.165) is 12.8 Å². The summed E-state index contributed by atoms with van der Waals surface area (Å²) in [6, 6.07) is 0. The van der Waals surface area contributed by atoms with Gasteiger partial charge >= 0.3 is 5.97 Å². The Kier molecular flexibility index (Phi) is 3.88. The molecule has 0 aliphatic carbocycles. The predicted octanol–water partition coefficient (Wildman–Crippen LogP) is 1.11. The Hall–Kier alpha value is -0.620. The third-order valence-corrected chi connectivity index (χ3v) is 4.85. The van der Waals surface area contributed by atoms with Crippen molar-refractivity contribution in [2.45, 2.75) is 25.4 Å². The summed E-state index contributed by atoms with van der Waals surface area (Å²) in [5.74, 6) is 3.96. The van der Waals surface area contributed by atoms with Gasteiger partial charge in [-0.05, 0) is 25.7 Å². The van der Waals surface area contributed by atoms with Crippen LogP contribution in [0.25, 0.3) is 0 Å². The Bertz CT molecular complexity index is 272. The molecule has 14 heavy (non-hydrogen) atoms. The van der Waals surface area contributed by atoms with E-state index in [9.17, 15) is 9.69 Å². The fraction of sp³-hybridized carbons (Fsp3) is 0.667. The van der Waals surface area contributed by atoms with Crippen molar-refractivity contribution in [3.63, 3.8) is 0 Å². The predicted molar refractivity (Wildman–Crippen MR) is 54.1 cm³/mol. The van der Waals surface area contributed by atoms with Gasteiger partial charge in [-0.3, -0.25) is 0 Å². The maximum atomic E-state index is 10.9. The van der Waals surface area contributed by atoms with E-state index in [1.807, 2.05) is 0 Å². The van der Waals surface area contributed by atoms with Crippen molar-refractivity contribution in [1.82, 2.24) is 0 Å². The van der Waals surface area contributed by atoms with E-state index in [1.165, 1.54) is 0 Å². The molecule has 1 fully saturated rings. The molecule has 78 valence electrons. The summed E-state index contributed by atoms with van der Waals surface area (Å²) in [6.07, 6.45) is 2.15. The zero-order valence-corrected chi connectivity index (χ0v) is 8.96. The van der Waals surface area contributed by atoms with Gasteiger partial charge in [0.2, 0.25) is 0 Å². The average Bonchev–Trinajstić information content (AvgIpc) is 2.14. The first kappa shape index (κ1) is 11.5. The van der Waals surface area contributed by atoms with Gasteiger partial charge in [0.1, 0.15) is 6.16 Å². The maximum absolute atomic E-state index is 10.9. The van der Waals surface area contributed by atoms with Gasteiger partial charge in [0, 0.05) is 0 Å². The second-order valence-electron chi connectivity index (χ2n) is 3.15. The number of aliphatic carboxylic acids is 1. The lowest BCUT2D eigenvalue weighted by Gasteiger charge is -2.24. The zero-order chi connectivity index (χ0) is 10.6. The molecule has 0 aromatic carbocycles. The molecule has 2 N–H and O–H groups in total. The Balaban J connectivity index is 2.82. The highest BCUT2D eigenvalue weighted by Gasteiger charge is 2.52. The molecule has 1 aliphatic heterocycles. The normalized spacial score (nSPS) is 28.7. The highest BCUT2D eigenvalue weighted by molar-refractivity contribution is 7.67. The second kappa shape index (κ2) is 4.75. The largest absolute Gasteiger partial charge is 0.477 e. The molecule has 0 spiro atoms. The van der Waals surface area contributed by atoms with Gasteiger partial charge in [0.15, 0.2) is 0 Å². The molecule has 2 unspecified atom stereocenters. The van der Waals surface area contributed by atoms with Gasteiger partial charge in [-0.25, -0.2) is 14.2 Å². The van der Waals surface area contributed by atoms with Crippen molar-refractivity contribution in [3.8, 4) is 11.8 Å². The van der Waals surface area contributed by atoms with Crippen molar-refractivity contribution in [3.05, 3.63) is 0 Å². The van der Waals surface area contributed by atoms with E-state index < -0.39 is 19.3 Å². The SMILES string of the molecule is CC#CC(C(=O)O)[P+]1(O)CCCCO1. The molecular weight excluding hydrogens is 203 g/mol. The molecule has 0 bridgehead atoms. The van der Waals surface area contributed by atoms with E-state index in [2.05, 4.69) is 11.8 Å². The van der Waals surface area contributed by atoms with Gasteiger partial charge < -0.3 is 5.11 Å². The molecule has 1 aliphatic rings. The average molecular weight is 217 g/mol. The number of carboxylic acid groups (broad SMARTS) is 1. The summed E-state index contributed by atoms with van der Waals surface area (Å²) >= 11 is 0. The van der Waals surface area contributed by atoms with Crippen LogP contribution in [0.1, 0.15) is 19.8 Å². The molecule has 1 saturated heterocycles. The second-order valence-corrected chi connectivity index (χ2v) is 5.89. The Labute approximate surface area is 83.8 Å². The Morgan fingerprint density at radius 2 is 2.29 bits per heavy atom. The Morgan fingerprint density at radius 1 is 1.57 bits per heavy atom. The van der Waals surface area contributed by atoms with Crippen LogP contribution in [-0.4, -0.2) is 34.4 Å². The fourth-order valence-corrected chi connectivity index (χ4v) is 3.74. The van der Waals surface area contributed by atoms with Gasteiger partial charge in [-0.15, -0.1) is 5.92 Å². The highest BCUT2D eigenvalue weighted by Crippen LogP contribution is 2.62. The van der Waals surface area contributed by atoms with E-state index in [-0.39, 0.29) is 0 Å². The number of carbonyl (C=O) groups is 1. The van der Waals surface area contributed by atoms with Crippen molar-refractivity contribution in [1.29, 1.82) is 0 Å². The van der Waals surface area contributed by atoms with Crippen LogP contribution in [0.2, 0.25) is 0 Å². The lowest BCUT2D eigenvalue weighted by molar-refractivity contribution is -0.135. The van der Waals surface area contributed by atoms with Crippen molar-refractivity contribution in [2.24, 2.45) is 0 Å². The van der Waals surface area contributed by atoms with E-state index in [0.29, 0.717) is 12.8 Å². The van der Waals surface area contributed by atoms with E-state index >= 15 is 0 Å². The first-order valence-corrected chi connectivity index (χ1v) is 6.41.